The van der Waals surface area contributed by atoms with Crippen LogP contribution in [0.25, 0.3) is 10.9 Å². The standard InChI is InChI=1S/C17H12BrClN2O2/c18-11-7-12(17(23)13(19)8-11)15(22)9-20-16-6-5-10-3-1-2-4-14(10)21-16/h1-8,23H,9H2,(H,20,21). The first-order valence-corrected chi connectivity index (χ1v) is 8.02. The average Bonchev–Trinajstić information content (AvgIpc) is 2.55. The highest BCUT2D eigenvalue weighted by Gasteiger charge is 2.15. The Morgan fingerprint density at radius 2 is 2.00 bits per heavy atom. The lowest BCUT2D eigenvalue weighted by atomic mass is 10.1. The molecule has 23 heavy (non-hydrogen) atoms. The number of hydrogen-bond acceptors (Lipinski definition) is 4. The van der Waals surface area contributed by atoms with Crippen LogP contribution in [0.15, 0.2) is 53.0 Å². The van der Waals surface area contributed by atoms with Gasteiger partial charge in [-0.05, 0) is 30.3 Å². The van der Waals surface area contributed by atoms with Gasteiger partial charge >= 0.3 is 0 Å². The molecule has 0 fully saturated rings. The van der Waals surface area contributed by atoms with Gasteiger partial charge in [-0.1, -0.05) is 45.7 Å². The summed E-state index contributed by atoms with van der Waals surface area (Å²) in [7, 11) is 0. The van der Waals surface area contributed by atoms with Gasteiger partial charge in [0.1, 0.15) is 11.6 Å². The predicted molar refractivity (Wildman–Crippen MR) is 95.4 cm³/mol. The van der Waals surface area contributed by atoms with Gasteiger partial charge in [0.2, 0.25) is 0 Å². The van der Waals surface area contributed by atoms with Crippen molar-refractivity contribution in [3.63, 3.8) is 0 Å². The van der Waals surface area contributed by atoms with Crippen LogP contribution in [0.5, 0.6) is 5.75 Å². The summed E-state index contributed by atoms with van der Waals surface area (Å²) in [6.07, 6.45) is 0. The summed E-state index contributed by atoms with van der Waals surface area (Å²) in [5, 5.41) is 14.0. The highest BCUT2D eigenvalue weighted by Crippen LogP contribution is 2.31. The van der Waals surface area contributed by atoms with Gasteiger partial charge in [-0.2, -0.15) is 0 Å². The Morgan fingerprint density at radius 3 is 2.83 bits per heavy atom. The number of aromatic hydroxyl groups is 1. The molecule has 0 amide bonds. The SMILES string of the molecule is O=C(CNc1ccc2ccccc2n1)c1cc(Br)cc(Cl)c1O. The molecule has 0 bridgehead atoms. The zero-order valence-electron chi connectivity index (χ0n) is 11.9. The first kappa shape index (κ1) is 15.8. The van der Waals surface area contributed by atoms with E-state index >= 15 is 0 Å². The van der Waals surface area contributed by atoms with Crippen molar-refractivity contribution in [1.82, 2.24) is 4.98 Å². The second-order valence-electron chi connectivity index (χ2n) is 4.95. The van der Waals surface area contributed by atoms with Crippen molar-refractivity contribution in [2.75, 3.05) is 11.9 Å². The minimum absolute atomic E-state index is 0.00564. The van der Waals surface area contributed by atoms with Gasteiger partial charge in [0.05, 0.1) is 22.6 Å². The number of ketones is 1. The van der Waals surface area contributed by atoms with Crippen molar-refractivity contribution in [3.05, 3.63) is 63.6 Å². The number of phenolic OH excluding ortho intramolecular Hbond substituents is 1. The number of anilines is 1. The zero-order chi connectivity index (χ0) is 16.4. The summed E-state index contributed by atoms with van der Waals surface area (Å²) >= 11 is 9.14. The van der Waals surface area contributed by atoms with E-state index < -0.39 is 0 Å². The maximum atomic E-state index is 12.3. The number of aromatic nitrogens is 1. The van der Waals surface area contributed by atoms with Crippen molar-refractivity contribution in [2.24, 2.45) is 0 Å². The number of halogens is 2. The summed E-state index contributed by atoms with van der Waals surface area (Å²) in [6, 6.07) is 14.5. The molecular formula is C17H12BrClN2O2. The van der Waals surface area contributed by atoms with Gasteiger partial charge < -0.3 is 10.4 Å². The maximum absolute atomic E-state index is 12.3. The molecule has 1 heterocycles. The van der Waals surface area contributed by atoms with E-state index in [4.69, 9.17) is 11.6 Å². The van der Waals surface area contributed by atoms with Crippen molar-refractivity contribution in [1.29, 1.82) is 0 Å². The Morgan fingerprint density at radius 1 is 1.22 bits per heavy atom. The third-order valence-corrected chi connectivity index (χ3v) is 4.10. The minimum atomic E-state index is -0.277. The van der Waals surface area contributed by atoms with E-state index in [9.17, 15) is 9.90 Å². The molecule has 3 rings (SSSR count). The fraction of sp³-hybridized carbons (Fsp3) is 0.0588. The second kappa shape index (κ2) is 6.56. The average molecular weight is 392 g/mol. The molecule has 0 atom stereocenters. The summed E-state index contributed by atoms with van der Waals surface area (Å²) < 4.78 is 0.632. The molecule has 6 heteroatoms. The summed E-state index contributed by atoms with van der Waals surface area (Å²) in [6.45, 7) is 0.00564. The number of nitrogens with zero attached hydrogens (tertiary/aromatic N) is 1. The first-order valence-electron chi connectivity index (χ1n) is 6.85. The molecule has 2 aromatic carbocycles. The smallest absolute Gasteiger partial charge is 0.185 e. The largest absolute Gasteiger partial charge is 0.506 e. The van der Waals surface area contributed by atoms with Crippen LogP contribution < -0.4 is 5.32 Å². The molecule has 0 spiro atoms. The van der Waals surface area contributed by atoms with Gasteiger partial charge in [0.15, 0.2) is 5.78 Å². The van der Waals surface area contributed by atoms with E-state index in [1.165, 1.54) is 6.07 Å². The Hall–Kier alpha value is -2.11. The third-order valence-electron chi connectivity index (χ3n) is 3.36. The molecule has 0 unspecified atom stereocenters. The molecule has 0 saturated carbocycles. The molecule has 0 aliphatic heterocycles. The molecule has 0 saturated heterocycles. The zero-order valence-corrected chi connectivity index (χ0v) is 14.2. The Bertz CT molecular complexity index is 899. The lowest BCUT2D eigenvalue weighted by molar-refractivity contribution is 0.100. The van der Waals surface area contributed by atoms with Crippen molar-refractivity contribution >= 4 is 50.0 Å². The minimum Gasteiger partial charge on any atom is -0.506 e. The lowest BCUT2D eigenvalue weighted by Gasteiger charge is -2.09. The van der Waals surface area contributed by atoms with Crippen molar-refractivity contribution in [2.45, 2.75) is 0 Å². The number of carbonyl (C=O) groups is 1. The fourth-order valence-electron chi connectivity index (χ4n) is 2.21. The monoisotopic (exact) mass is 390 g/mol. The molecule has 1 aromatic heterocycles. The Balaban J connectivity index is 1.78. The van der Waals surface area contributed by atoms with Crippen molar-refractivity contribution in [3.8, 4) is 5.75 Å². The van der Waals surface area contributed by atoms with Crippen molar-refractivity contribution < 1.29 is 9.90 Å². The van der Waals surface area contributed by atoms with Gasteiger partial charge in [-0.15, -0.1) is 0 Å². The number of hydrogen-bond donors (Lipinski definition) is 2. The van der Waals surface area contributed by atoms with E-state index in [0.717, 1.165) is 10.9 Å². The summed E-state index contributed by atoms with van der Waals surface area (Å²) in [5.74, 6) is 0.103. The van der Waals surface area contributed by atoms with Crippen LogP contribution in [0.3, 0.4) is 0 Å². The molecule has 116 valence electrons. The van der Waals surface area contributed by atoms with E-state index in [2.05, 4.69) is 26.2 Å². The number of benzene rings is 2. The Kier molecular flexibility index (Phi) is 4.50. The molecule has 2 N–H and O–H groups in total. The topological polar surface area (TPSA) is 62.2 Å². The fourth-order valence-corrected chi connectivity index (χ4v) is 3.02. The highest BCUT2D eigenvalue weighted by atomic mass is 79.9. The number of fused-ring (bicyclic) bond motifs is 1. The number of para-hydroxylation sites is 1. The summed E-state index contributed by atoms with van der Waals surface area (Å²) in [5.41, 5.74) is 1.01. The molecule has 0 aliphatic rings. The van der Waals surface area contributed by atoms with E-state index in [0.29, 0.717) is 10.3 Å². The number of phenols is 1. The van der Waals surface area contributed by atoms with Crippen LogP contribution in [-0.2, 0) is 0 Å². The molecule has 3 aromatic rings. The van der Waals surface area contributed by atoms with E-state index in [-0.39, 0.29) is 28.7 Å². The summed E-state index contributed by atoms with van der Waals surface area (Å²) in [4.78, 5) is 16.7. The van der Waals surface area contributed by atoms with Crippen LogP contribution in [0, 0.1) is 0 Å². The van der Waals surface area contributed by atoms with Crippen LogP contribution in [0.1, 0.15) is 10.4 Å². The van der Waals surface area contributed by atoms with Crippen LogP contribution in [-0.4, -0.2) is 22.4 Å². The number of rotatable bonds is 4. The molecular weight excluding hydrogens is 380 g/mol. The molecule has 0 radical (unpaired) electrons. The van der Waals surface area contributed by atoms with Gasteiger partial charge in [0, 0.05) is 9.86 Å². The number of carbonyl (C=O) groups excluding carboxylic acids is 1. The third kappa shape index (κ3) is 3.46. The normalized spacial score (nSPS) is 10.7. The van der Waals surface area contributed by atoms with E-state index in [1.807, 2.05) is 36.4 Å². The Labute approximate surface area is 146 Å². The van der Waals surface area contributed by atoms with Crippen LogP contribution >= 0.6 is 27.5 Å². The molecule has 0 aliphatic carbocycles. The molecule has 4 nitrogen and oxygen atoms in total. The second-order valence-corrected chi connectivity index (χ2v) is 6.27. The highest BCUT2D eigenvalue weighted by molar-refractivity contribution is 9.10. The van der Waals surface area contributed by atoms with E-state index in [1.54, 1.807) is 6.07 Å². The quantitative estimate of drug-likeness (QED) is 0.635. The number of Topliss-reactive ketones (excluding diaryl/α,β-unsaturated/α-hetero) is 1. The number of pyridine rings is 1. The number of nitrogens with one attached hydrogen (secondary N) is 1. The van der Waals surface area contributed by atoms with Gasteiger partial charge in [-0.25, -0.2) is 4.98 Å². The van der Waals surface area contributed by atoms with Gasteiger partial charge in [-0.3, -0.25) is 4.79 Å². The predicted octanol–water partition coefficient (Wildman–Crippen LogP) is 4.65. The lowest BCUT2D eigenvalue weighted by Crippen LogP contribution is -2.15. The first-order chi connectivity index (χ1) is 11.0. The van der Waals surface area contributed by atoms with Gasteiger partial charge in [0.25, 0.3) is 0 Å². The maximum Gasteiger partial charge on any atom is 0.185 e. The van der Waals surface area contributed by atoms with Crippen LogP contribution in [0.4, 0.5) is 5.82 Å². The van der Waals surface area contributed by atoms with Crippen LogP contribution in [0.2, 0.25) is 5.02 Å².